The predicted octanol–water partition coefficient (Wildman–Crippen LogP) is 4.09. The van der Waals surface area contributed by atoms with E-state index in [2.05, 4.69) is 0 Å². The zero-order valence-corrected chi connectivity index (χ0v) is 13.7. The highest BCUT2D eigenvalue weighted by molar-refractivity contribution is 7.89. The van der Waals surface area contributed by atoms with Crippen LogP contribution in [0.5, 0.6) is 0 Å². The molecule has 1 N–H and O–H groups in total. The van der Waals surface area contributed by atoms with Gasteiger partial charge in [0.15, 0.2) is 0 Å². The molecule has 0 fully saturated rings. The van der Waals surface area contributed by atoms with E-state index < -0.39 is 22.2 Å². The van der Waals surface area contributed by atoms with Crippen LogP contribution in [0.1, 0.15) is 37.7 Å². The van der Waals surface area contributed by atoms with Crippen molar-refractivity contribution in [1.82, 2.24) is 4.72 Å². The zero-order chi connectivity index (χ0) is 17.1. The first-order valence-corrected chi connectivity index (χ1v) is 9.00. The van der Waals surface area contributed by atoms with Gasteiger partial charge in [-0.05, 0) is 51.2 Å². The van der Waals surface area contributed by atoms with E-state index in [0.29, 0.717) is 12.0 Å². The fourth-order valence-corrected chi connectivity index (χ4v) is 3.77. The van der Waals surface area contributed by atoms with Crippen LogP contribution in [0, 0.1) is 6.92 Å². The Morgan fingerprint density at radius 3 is 2.35 bits per heavy atom. The molecule has 0 saturated carbocycles. The van der Waals surface area contributed by atoms with Crippen molar-refractivity contribution >= 4 is 10.0 Å². The van der Waals surface area contributed by atoms with Crippen LogP contribution in [0.2, 0.25) is 0 Å². The molecule has 1 aromatic carbocycles. The molecule has 0 aliphatic heterocycles. The van der Waals surface area contributed by atoms with E-state index in [-0.39, 0.29) is 11.3 Å². The summed E-state index contributed by atoms with van der Waals surface area (Å²) in [6, 6.07) is 3.63. The van der Waals surface area contributed by atoms with Gasteiger partial charge in [0.25, 0.3) is 0 Å². The fraction of sp³-hybridized carbons (Fsp3) is 0.500. The van der Waals surface area contributed by atoms with Crippen molar-refractivity contribution < 1.29 is 21.6 Å². The van der Waals surface area contributed by atoms with Crippen LogP contribution in [0.3, 0.4) is 0 Å². The van der Waals surface area contributed by atoms with E-state index >= 15 is 0 Å². The molecule has 128 valence electrons. The largest absolute Gasteiger partial charge is 0.405 e. The summed E-state index contributed by atoms with van der Waals surface area (Å²) in [7, 11) is -4.21. The molecule has 0 aromatic heterocycles. The predicted molar refractivity (Wildman–Crippen MR) is 82.5 cm³/mol. The molecule has 0 amide bonds. The first-order chi connectivity index (χ1) is 10.7. The van der Waals surface area contributed by atoms with Crippen LogP contribution >= 0.6 is 0 Å². The highest BCUT2D eigenvalue weighted by Gasteiger charge is 2.42. The van der Waals surface area contributed by atoms with E-state index in [9.17, 15) is 21.6 Å². The number of halogens is 3. The molecule has 0 radical (unpaired) electrons. The lowest BCUT2D eigenvalue weighted by molar-refractivity contribution is -0.151. The summed E-state index contributed by atoms with van der Waals surface area (Å²) in [6.07, 6.45) is 0.00687. The van der Waals surface area contributed by atoms with Crippen molar-refractivity contribution in [3.63, 3.8) is 0 Å². The van der Waals surface area contributed by atoms with Gasteiger partial charge in [-0.2, -0.15) is 17.9 Å². The van der Waals surface area contributed by atoms with Gasteiger partial charge in [0.1, 0.15) is 6.04 Å². The monoisotopic (exact) mass is 347 g/mol. The Morgan fingerprint density at radius 2 is 1.83 bits per heavy atom. The molecular formula is C16H20F3NO2S. The number of nitrogens with one attached hydrogen (secondary N) is 1. The molecule has 1 unspecified atom stereocenters. The van der Waals surface area contributed by atoms with Crippen LogP contribution in [0.25, 0.3) is 0 Å². The summed E-state index contributed by atoms with van der Waals surface area (Å²) >= 11 is 0. The summed E-state index contributed by atoms with van der Waals surface area (Å²) < 4.78 is 65.9. The number of allylic oxidation sites excluding steroid dienone is 1. The van der Waals surface area contributed by atoms with Crippen molar-refractivity contribution in [3.05, 3.63) is 41.5 Å². The van der Waals surface area contributed by atoms with Gasteiger partial charge in [0, 0.05) is 0 Å². The van der Waals surface area contributed by atoms with Crippen LogP contribution in [-0.2, 0) is 10.0 Å². The van der Waals surface area contributed by atoms with Crippen molar-refractivity contribution in [2.24, 2.45) is 0 Å². The summed E-state index contributed by atoms with van der Waals surface area (Å²) in [5.74, 6) is 0. The second kappa shape index (κ2) is 7.05. The second-order valence-corrected chi connectivity index (χ2v) is 7.55. The van der Waals surface area contributed by atoms with Gasteiger partial charge in [-0.1, -0.05) is 29.3 Å². The van der Waals surface area contributed by atoms with Crippen molar-refractivity contribution in [2.75, 3.05) is 0 Å². The third-order valence-electron chi connectivity index (χ3n) is 3.88. The molecular weight excluding hydrogens is 327 g/mol. The third-order valence-corrected chi connectivity index (χ3v) is 5.36. The van der Waals surface area contributed by atoms with Gasteiger partial charge in [0.05, 0.1) is 4.90 Å². The molecule has 7 heteroatoms. The van der Waals surface area contributed by atoms with E-state index in [1.807, 2.05) is 4.72 Å². The summed E-state index contributed by atoms with van der Waals surface area (Å²) in [4.78, 5) is -0.157. The van der Waals surface area contributed by atoms with Gasteiger partial charge in [0.2, 0.25) is 10.0 Å². The van der Waals surface area contributed by atoms with Gasteiger partial charge in [-0.3, -0.25) is 0 Å². The lowest BCUT2D eigenvalue weighted by Crippen LogP contribution is -2.45. The lowest BCUT2D eigenvalue weighted by Gasteiger charge is -2.24. The van der Waals surface area contributed by atoms with E-state index in [1.165, 1.54) is 12.1 Å². The third kappa shape index (κ3) is 5.07. The van der Waals surface area contributed by atoms with Crippen molar-refractivity contribution in [2.45, 2.75) is 56.1 Å². The van der Waals surface area contributed by atoms with Gasteiger partial charge < -0.3 is 0 Å². The Kier molecular flexibility index (Phi) is 5.52. The number of hydrogen-bond acceptors (Lipinski definition) is 2. The first-order valence-electron chi connectivity index (χ1n) is 7.52. The van der Waals surface area contributed by atoms with E-state index in [1.54, 1.807) is 25.1 Å². The van der Waals surface area contributed by atoms with Crippen molar-refractivity contribution in [3.8, 4) is 0 Å². The fourth-order valence-electron chi connectivity index (χ4n) is 2.55. The lowest BCUT2D eigenvalue weighted by atomic mass is 9.94. The zero-order valence-electron chi connectivity index (χ0n) is 12.9. The maximum Gasteiger partial charge on any atom is 0.405 e. The quantitative estimate of drug-likeness (QED) is 0.815. The molecule has 2 rings (SSSR count). The summed E-state index contributed by atoms with van der Waals surface area (Å²) in [5.41, 5.74) is 1.51. The van der Waals surface area contributed by atoms with Crippen LogP contribution < -0.4 is 4.72 Å². The molecule has 1 aromatic rings. The molecule has 1 atom stereocenters. The summed E-state index contributed by atoms with van der Waals surface area (Å²) in [5, 5.41) is 0. The van der Waals surface area contributed by atoms with Gasteiger partial charge in [-0.25, -0.2) is 8.42 Å². The molecule has 0 saturated heterocycles. The Hall–Kier alpha value is -1.34. The first kappa shape index (κ1) is 18.0. The maximum absolute atomic E-state index is 13.2. The molecule has 3 nitrogen and oxygen atoms in total. The Bertz CT molecular complexity index is 664. The highest BCUT2D eigenvalue weighted by atomic mass is 32.2. The van der Waals surface area contributed by atoms with Crippen molar-refractivity contribution in [1.29, 1.82) is 0 Å². The average Bonchev–Trinajstić information content (AvgIpc) is 2.47. The van der Waals surface area contributed by atoms with Gasteiger partial charge >= 0.3 is 6.18 Å². The average molecular weight is 347 g/mol. The van der Waals surface area contributed by atoms with E-state index in [0.717, 1.165) is 24.8 Å². The molecule has 0 heterocycles. The summed E-state index contributed by atoms with van der Waals surface area (Å²) in [6.45, 7) is 1.78. The molecule has 0 spiro atoms. The minimum Gasteiger partial charge on any atom is -0.207 e. The topological polar surface area (TPSA) is 46.2 Å². The molecule has 0 bridgehead atoms. The van der Waals surface area contributed by atoms with Crippen LogP contribution in [0.15, 0.2) is 40.8 Å². The van der Waals surface area contributed by atoms with Gasteiger partial charge in [-0.15, -0.1) is 0 Å². The standard InChI is InChI=1S/C16H20F3NO2S/c1-12-7-9-14(10-8-12)23(21,22)20-15(16(17,18)19)11-13-5-3-2-4-6-13/h5,7-10,15,20H,2-4,6,11H2,1H3. The Labute approximate surface area is 134 Å². The molecule has 1 aliphatic carbocycles. The second-order valence-electron chi connectivity index (χ2n) is 5.84. The molecule has 23 heavy (non-hydrogen) atoms. The normalized spacial score (nSPS) is 17.7. The minimum absolute atomic E-state index is 0.157. The number of hydrogen-bond donors (Lipinski definition) is 1. The Morgan fingerprint density at radius 1 is 1.17 bits per heavy atom. The number of sulfonamides is 1. The minimum atomic E-state index is -4.63. The SMILES string of the molecule is Cc1ccc(S(=O)(=O)NC(CC2=CCCCC2)C(F)(F)F)cc1. The number of aryl methyl sites for hydroxylation is 1. The number of rotatable bonds is 5. The smallest absolute Gasteiger partial charge is 0.207 e. The maximum atomic E-state index is 13.2. The number of alkyl halides is 3. The van der Waals surface area contributed by atoms with Crippen LogP contribution in [-0.4, -0.2) is 20.6 Å². The highest BCUT2D eigenvalue weighted by Crippen LogP contribution is 2.30. The Balaban J connectivity index is 2.19. The van der Waals surface area contributed by atoms with Crippen LogP contribution in [0.4, 0.5) is 13.2 Å². The molecule has 1 aliphatic rings. The number of benzene rings is 1. The van der Waals surface area contributed by atoms with E-state index in [4.69, 9.17) is 0 Å².